The standard InChI is InChI=1S/C15H12N2O/c1-12-5-7-13(8-6-12)15(18-11-17)9-3-2-4-14(15)10-16/h2-9,14H,1H3. The highest BCUT2D eigenvalue weighted by Gasteiger charge is 2.41. The Morgan fingerprint density at radius 1 is 1.17 bits per heavy atom. The van der Waals surface area contributed by atoms with Crippen LogP contribution in [0.4, 0.5) is 0 Å². The SMILES string of the molecule is Cc1ccc(C2(OC#N)C=CC=CC2C#N)cc1. The molecule has 0 N–H and O–H groups in total. The molecule has 1 aromatic rings. The van der Waals surface area contributed by atoms with Gasteiger partial charge in [-0.1, -0.05) is 48.1 Å². The molecule has 0 amide bonds. The minimum Gasteiger partial charge on any atom is -0.410 e. The number of allylic oxidation sites excluding steroid dienone is 2. The molecule has 0 aliphatic heterocycles. The van der Waals surface area contributed by atoms with Gasteiger partial charge in [-0.3, -0.25) is 0 Å². The Hall–Kier alpha value is -2.52. The largest absolute Gasteiger partial charge is 0.410 e. The van der Waals surface area contributed by atoms with Crippen LogP contribution >= 0.6 is 0 Å². The predicted octanol–water partition coefficient (Wildman–Crippen LogP) is 2.95. The van der Waals surface area contributed by atoms with Gasteiger partial charge in [-0.15, -0.1) is 0 Å². The van der Waals surface area contributed by atoms with Crippen LogP contribution in [0, 0.1) is 35.7 Å². The molecule has 0 heterocycles. The van der Waals surface area contributed by atoms with Gasteiger partial charge in [0.15, 0.2) is 5.60 Å². The molecule has 2 rings (SSSR count). The van der Waals surface area contributed by atoms with Gasteiger partial charge in [-0.25, -0.2) is 0 Å². The molecule has 2 unspecified atom stereocenters. The molecular formula is C15H12N2O. The zero-order valence-corrected chi connectivity index (χ0v) is 10.00. The summed E-state index contributed by atoms with van der Waals surface area (Å²) in [6, 6.07) is 9.84. The quantitative estimate of drug-likeness (QED) is 0.742. The molecule has 0 radical (unpaired) electrons. The third-order valence-corrected chi connectivity index (χ3v) is 3.08. The zero-order chi connectivity index (χ0) is 13.0. The molecule has 1 aromatic carbocycles. The van der Waals surface area contributed by atoms with Crippen LogP contribution in [0.15, 0.2) is 48.6 Å². The second kappa shape index (κ2) is 4.77. The Morgan fingerprint density at radius 2 is 1.89 bits per heavy atom. The van der Waals surface area contributed by atoms with Crippen molar-refractivity contribution < 1.29 is 4.74 Å². The average molecular weight is 236 g/mol. The van der Waals surface area contributed by atoms with E-state index in [1.54, 1.807) is 30.6 Å². The van der Waals surface area contributed by atoms with Crippen LogP contribution in [-0.2, 0) is 10.3 Å². The molecular weight excluding hydrogens is 224 g/mol. The summed E-state index contributed by atoms with van der Waals surface area (Å²) < 4.78 is 5.24. The van der Waals surface area contributed by atoms with Crippen LogP contribution in [-0.4, -0.2) is 0 Å². The van der Waals surface area contributed by atoms with Crippen molar-refractivity contribution in [3.05, 3.63) is 59.7 Å². The first-order chi connectivity index (χ1) is 8.73. The highest BCUT2D eigenvalue weighted by molar-refractivity contribution is 5.39. The summed E-state index contributed by atoms with van der Waals surface area (Å²) >= 11 is 0. The van der Waals surface area contributed by atoms with Gasteiger partial charge in [0.2, 0.25) is 0 Å². The second-order valence-electron chi connectivity index (χ2n) is 4.20. The maximum absolute atomic E-state index is 9.24. The van der Waals surface area contributed by atoms with Gasteiger partial charge in [0, 0.05) is 5.56 Å². The van der Waals surface area contributed by atoms with Crippen molar-refractivity contribution in [2.75, 3.05) is 0 Å². The minimum absolute atomic E-state index is 0.509. The maximum atomic E-state index is 9.24. The van der Waals surface area contributed by atoms with E-state index in [0.717, 1.165) is 11.1 Å². The maximum Gasteiger partial charge on any atom is 0.287 e. The van der Waals surface area contributed by atoms with E-state index in [-0.39, 0.29) is 0 Å². The van der Waals surface area contributed by atoms with Crippen LogP contribution in [0.3, 0.4) is 0 Å². The first-order valence-corrected chi connectivity index (χ1v) is 5.63. The first-order valence-electron chi connectivity index (χ1n) is 5.63. The number of nitriles is 2. The summed E-state index contributed by atoms with van der Waals surface area (Å²) in [6.45, 7) is 1.99. The molecule has 0 spiro atoms. The van der Waals surface area contributed by atoms with Gasteiger partial charge < -0.3 is 4.74 Å². The van der Waals surface area contributed by atoms with E-state index in [1.807, 2.05) is 31.2 Å². The average Bonchev–Trinajstić information content (AvgIpc) is 2.40. The molecule has 0 bridgehead atoms. The van der Waals surface area contributed by atoms with E-state index in [9.17, 15) is 5.26 Å². The summed E-state index contributed by atoms with van der Waals surface area (Å²) in [7, 11) is 0. The third-order valence-electron chi connectivity index (χ3n) is 3.08. The summed E-state index contributed by atoms with van der Waals surface area (Å²) in [4.78, 5) is 0. The van der Waals surface area contributed by atoms with E-state index in [4.69, 9.17) is 10.00 Å². The lowest BCUT2D eigenvalue weighted by Crippen LogP contribution is -2.34. The second-order valence-corrected chi connectivity index (χ2v) is 4.20. The van der Waals surface area contributed by atoms with Crippen LogP contribution in [0.5, 0.6) is 0 Å². The lowest BCUT2D eigenvalue weighted by Gasteiger charge is -2.32. The predicted molar refractivity (Wildman–Crippen MR) is 66.9 cm³/mol. The number of ether oxygens (including phenoxy) is 1. The molecule has 0 fully saturated rings. The number of hydrogen-bond acceptors (Lipinski definition) is 3. The molecule has 0 saturated carbocycles. The Bertz CT molecular complexity index is 572. The van der Waals surface area contributed by atoms with E-state index in [1.165, 1.54) is 0 Å². The Labute approximate surface area is 106 Å². The van der Waals surface area contributed by atoms with Crippen molar-refractivity contribution >= 4 is 0 Å². The molecule has 1 aliphatic rings. The number of aryl methyl sites for hydroxylation is 1. The molecule has 3 nitrogen and oxygen atoms in total. The van der Waals surface area contributed by atoms with Crippen LogP contribution < -0.4 is 0 Å². The minimum atomic E-state index is -1.01. The molecule has 3 heteroatoms. The Morgan fingerprint density at radius 3 is 2.50 bits per heavy atom. The van der Waals surface area contributed by atoms with Gasteiger partial charge in [0.25, 0.3) is 6.26 Å². The van der Waals surface area contributed by atoms with Crippen LogP contribution in [0.1, 0.15) is 11.1 Å². The normalized spacial score (nSPS) is 25.2. The fraction of sp³-hybridized carbons (Fsp3) is 0.200. The van der Waals surface area contributed by atoms with Gasteiger partial charge in [-0.2, -0.15) is 10.5 Å². The van der Waals surface area contributed by atoms with Crippen LogP contribution in [0.25, 0.3) is 0 Å². The van der Waals surface area contributed by atoms with Gasteiger partial charge in [0.1, 0.15) is 5.92 Å². The molecule has 1 aliphatic carbocycles. The van der Waals surface area contributed by atoms with Crippen molar-refractivity contribution in [1.82, 2.24) is 0 Å². The first kappa shape index (κ1) is 12.0. The fourth-order valence-electron chi connectivity index (χ4n) is 2.08. The van der Waals surface area contributed by atoms with Gasteiger partial charge in [0.05, 0.1) is 6.07 Å². The summed E-state index contributed by atoms with van der Waals surface area (Å²) in [6.07, 6.45) is 8.81. The number of benzene rings is 1. The number of hydrogen-bond donors (Lipinski definition) is 0. The molecule has 18 heavy (non-hydrogen) atoms. The van der Waals surface area contributed by atoms with Gasteiger partial charge >= 0.3 is 0 Å². The van der Waals surface area contributed by atoms with Crippen molar-refractivity contribution in [2.45, 2.75) is 12.5 Å². The van der Waals surface area contributed by atoms with Crippen LogP contribution in [0.2, 0.25) is 0 Å². The molecule has 0 aromatic heterocycles. The number of rotatable bonds is 2. The Kier molecular flexibility index (Phi) is 3.17. The fourth-order valence-corrected chi connectivity index (χ4v) is 2.08. The van der Waals surface area contributed by atoms with E-state index in [0.29, 0.717) is 0 Å². The highest BCUT2D eigenvalue weighted by atomic mass is 16.5. The van der Waals surface area contributed by atoms with Crippen molar-refractivity contribution in [1.29, 1.82) is 10.5 Å². The van der Waals surface area contributed by atoms with E-state index >= 15 is 0 Å². The summed E-state index contributed by atoms with van der Waals surface area (Å²) in [5, 5.41) is 18.1. The Balaban J connectivity index is 2.54. The van der Waals surface area contributed by atoms with E-state index < -0.39 is 11.5 Å². The van der Waals surface area contributed by atoms with E-state index in [2.05, 4.69) is 6.07 Å². The monoisotopic (exact) mass is 236 g/mol. The van der Waals surface area contributed by atoms with Crippen molar-refractivity contribution in [2.24, 2.45) is 5.92 Å². The summed E-state index contributed by atoms with van der Waals surface area (Å²) in [5.74, 6) is -0.509. The third kappa shape index (κ3) is 1.87. The van der Waals surface area contributed by atoms with Crippen molar-refractivity contribution in [3.8, 4) is 12.3 Å². The smallest absolute Gasteiger partial charge is 0.287 e. The lowest BCUT2D eigenvalue weighted by molar-refractivity contribution is 0.0565. The summed E-state index contributed by atoms with van der Waals surface area (Å²) in [5.41, 5.74) is 0.919. The topological polar surface area (TPSA) is 56.8 Å². The van der Waals surface area contributed by atoms with Crippen molar-refractivity contribution in [3.63, 3.8) is 0 Å². The molecule has 2 atom stereocenters. The lowest BCUT2D eigenvalue weighted by atomic mass is 9.79. The zero-order valence-electron chi connectivity index (χ0n) is 10.00. The molecule has 88 valence electrons. The molecule has 0 saturated heterocycles. The number of nitrogens with zero attached hydrogens (tertiary/aromatic N) is 2. The van der Waals surface area contributed by atoms with Gasteiger partial charge in [-0.05, 0) is 13.0 Å². The highest BCUT2D eigenvalue weighted by Crippen LogP contribution is 2.38.